The van der Waals surface area contributed by atoms with Crippen LogP contribution in [0, 0.1) is 6.92 Å². The zero-order chi connectivity index (χ0) is 26.4. The number of carbonyl (C=O) groups excluding carboxylic acids is 3. The number of hydrogen-bond donors (Lipinski definition) is 2. The smallest absolute Gasteiger partial charge is 0.312 e. The summed E-state index contributed by atoms with van der Waals surface area (Å²) in [4.78, 5) is 49.9. The van der Waals surface area contributed by atoms with Crippen molar-refractivity contribution in [3.8, 4) is 0 Å². The first-order valence-electron chi connectivity index (χ1n) is 11.6. The van der Waals surface area contributed by atoms with Crippen molar-refractivity contribution < 1.29 is 19.1 Å². The average Bonchev–Trinajstić information content (AvgIpc) is 2.90. The third-order valence-electron chi connectivity index (χ3n) is 5.73. The minimum atomic E-state index is -0.671. The lowest BCUT2D eigenvalue weighted by atomic mass is 10.1. The molecule has 1 aromatic heterocycles. The van der Waals surface area contributed by atoms with Crippen molar-refractivity contribution in [2.24, 2.45) is 7.05 Å². The van der Waals surface area contributed by atoms with E-state index in [9.17, 15) is 19.2 Å². The third kappa shape index (κ3) is 6.26. The molecule has 1 heterocycles. The van der Waals surface area contributed by atoms with Crippen LogP contribution in [0.5, 0.6) is 0 Å². The fourth-order valence-corrected chi connectivity index (χ4v) is 3.80. The molecule has 0 aliphatic carbocycles. The zero-order valence-corrected chi connectivity index (χ0v) is 20.5. The minimum absolute atomic E-state index is 0.208. The topological polar surface area (TPSA) is 119 Å². The summed E-state index contributed by atoms with van der Waals surface area (Å²) in [5.74, 6) is -1.61. The van der Waals surface area contributed by atoms with E-state index < -0.39 is 18.5 Å². The highest BCUT2D eigenvalue weighted by atomic mass is 16.5. The second-order valence-electron chi connectivity index (χ2n) is 8.52. The number of para-hydroxylation sites is 1. The summed E-state index contributed by atoms with van der Waals surface area (Å²) in [6.07, 6.45) is -0.208. The van der Waals surface area contributed by atoms with Gasteiger partial charge in [-0.25, -0.2) is 4.68 Å². The molecule has 9 heteroatoms. The van der Waals surface area contributed by atoms with Gasteiger partial charge >= 0.3 is 5.97 Å². The van der Waals surface area contributed by atoms with Gasteiger partial charge in [0.1, 0.15) is 0 Å². The van der Waals surface area contributed by atoms with Crippen molar-refractivity contribution in [1.82, 2.24) is 15.1 Å². The van der Waals surface area contributed by atoms with E-state index in [-0.39, 0.29) is 23.5 Å². The maximum absolute atomic E-state index is 12.7. The Morgan fingerprint density at radius 2 is 1.59 bits per heavy atom. The van der Waals surface area contributed by atoms with Crippen molar-refractivity contribution in [1.29, 1.82) is 0 Å². The molecule has 0 spiro atoms. The molecule has 4 rings (SSSR count). The normalized spacial score (nSPS) is 10.6. The Hall–Kier alpha value is -4.79. The van der Waals surface area contributed by atoms with Gasteiger partial charge in [0.05, 0.1) is 28.8 Å². The molecule has 0 radical (unpaired) electrons. The molecule has 2 N–H and O–H groups in total. The molecule has 37 heavy (non-hydrogen) atoms. The number of nitrogens with one attached hydrogen (secondary N) is 2. The Balaban J connectivity index is 1.35. The van der Waals surface area contributed by atoms with Crippen LogP contribution in [-0.2, 0) is 34.3 Å². The summed E-state index contributed by atoms with van der Waals surface area (Å²) >= 11 is 0. The van der Waals surface area contributed by atoms with Gasteiger partial charge in [0.25, 0.3) is 17.4 Å². The molecular weight excluding hydrogens is 472 g/mol. The number of carbonyl (C=O) groups is 3. The second-order valence-corrected chi connectivity index (χ2v) is 8.52. The van der Waals surface area contributed by atoms with Gasteiger partial charge in [-0.05, 0) is 30.7 Å². The zero-order valence-electron chi connectivity index (χ0n) is 20.5. The van der Waals surface area contributed by atoms with Gasteiger partial charge in [-0.3, -0.25) is 19.2 Å². The van der Waals surface area contributed by atoms with Crippen LogP contribution < -0.4 is 16.2 Å². The van der Waals surface area contributed by atoms with Crippen molar-refractivity contribution in [2.75, 3.05) is 11.9 Å². The molecule has 0 atom stereocenters. The van der Waals surface area contributed by atoms with Crippen LogP contribution in [0.15, 0.2) is 77.6 Å². The van der Waals surface area contributed by atoms with Crippen molar-refractivity contribution >= 4 is 34.2 Å². The molecule has 0 saturated heterocycles. The number of amides is 2. The third-order valence-corrected chi connectivity index (χ3v) is 5.73. The van der Waals surface area contributed by atoms with E-state index in [2.05, 4.69) is 15.7 Å². The first-order chi connectivity index (χ1) is 17.8. The van der Waals surface area contributed by atoms with E-state index >= 15 is 0 Å². The number of fused-ring (bicyclic) bond motifs is 1. The number of hydrogen-bond acceptors (Lipinski definition) is 6. The predicted molar refractivity (Wildman–Crippen MR) is 139 cm³/mol. The Kier molecular flexibility index (Phi) is 7.73. The standard InChI is InChI=1S/C28H26N4O5/c1-18-11-13-19(14-12-18)16-29-27(35)22-9-5-6-10-23(22)30-25(33)17-37-26(34)15-24-20-7-3-4-8-21(20)28(36)32(2)31-24/h3-14H,15-17H2,1-2H3,(H,29,35)(H,30,33). The molecule has 2 amide bonds. The molecule has 0 unspecified atom stereocenters. The summed E-state index contributed by atoms with van der Waals surface area (Å²) in [6, 6.07) is 21.2. The number of ether oxygens (including phenoxy) is 1. The SMILES string of the molecule is Cc1ccc(CNC(=O)c2ccccc2NC(=O)COC(=O)Cc2nn(C)c(=O)c3ccccc23)cc1. The first-order valence-corrected chi connectivity index (χ1v) is 11.6. The van der Waals surface area contributed by atoms with Gasteiger partial charge in [0, 0.05) is 19.0 Å². The van der Waals surface area contributed by atoms with Crippen molar-refractivity contribution in [2.45, 2.75) is 19.9 Å². The maximum Gasteiger partial charge on any atom is 0.312 e. The van der Waals surface area contributed by atoms with Crippen LogP contribution in [0.4, 0.5) is 5.69 Å². The molecule has 0 saturated carbocycles. The van der Waals surface area contributed by atoms with Crippen LogP contribution in [0.3, 0.4) is 0 Å². The number of aromatic nitrogens is 2. The number of rotatable bonds is 8. The predicted octanol–water partition coefficient (Wildman–Crippen LogP) is 2.90. The van der Waals surface area contributed by atoms with E-state index in [1.165, 1.54) is 11.7 Å². The number of benzene rings is 3. The Bertz CT molecular complexity index is 1530. The summed E-state index contributed by atoms with van der Waals surface area (Å²) in [5.41, 5.74) is 2.77. The lowest BCUT2D eigenvalue weighted by molar-refractivity contribution is -0.146. The Morgan fingerprint density at radius 3 is 2.35 bits per heavy atom. The van der Waals surface area contributed by atoms with E-state index in [4.69, 9.17) is 4.74 Å². The van der Waals surface area contributed by atoms with Gasteiger partial charge < -0.3 is 15.4 Å². The lowest BCUT2D eigenvalue weighted by Crippen LogP contribution is -2.27. The average molecular weight is 499 g/mol. The van der Waals surface area contributed by atoms with E-state index in [1.54, 1.807) is 48.5 Å². The Labute approximate surface area is 213 Å². The fourth-order valence-electron chi connectivity index (χ4n) is 3.80. The fraction of sp³-hybridized carbons (Fsp3) is 0.179. The quantitative estimate of drug-likeness (QED) is 0.361. The van der Waals surface area contributed by atoms with E-state index in [1.807, 2.05) is 31.2 Å². The van der Waals surface area contributed by atoms with Gasteiger partial charge in [-0.1, -0.05) is 60.2 Å². The lowest BCUT2D eigenvalue weighted by Gasteiger charge is -2.12. The molecule has 4 aromatic rings. The van der Waals surface area contributed by atoms with Crippen LogP contribution in [-0.4, -0.2) is 34.2 Å². The summed E-state index contributed by atoms with van der Waals surface area (Å²) in [5, 5.41) is 10.6. The highest BCUT2D eigenvalue weighted by Gasteiger charge is 2.16. The molecule has 0 aliphatic heterocycles. The summed E-state index contributed by atoms with van der Waals surface area (Å²) < 4.78 is 6.30. The van der Waals surface area contributed by atoms with Gasteiger partial charge in [0.2, 0.25) is 0 Å². The molecule has 188 valence electrons. The molecule has 3 aromatic carbocycles. The van der Waals surface area contributed by atoms with Crippen LogP contribution >= 0.6 is 0 Å². The number of esters is 1. The molecule has 0 aliphatic rings. The minimum Gasteiger partial charge on any atom is -0.455 e. The summed E-state index contributed by atoms with van der Waals surface area (Å²) in [7, 11) is 1.51. The number of nitrogens with zero attached hydrogens (tertiary/aromatic N) is 2. The number of anilines is 1. The van der Waals surface area contributed by atoms with Crippen molar-refractivity contribution in [3.05, 3.63) is 106 Å². The second kappa shape index (κ2) is 11.3. The number of aryl methyl sites for hydroxylation is 2. The van der Waals surface area contributed by atoms with Crippen LogP contribution in [0.25, 0.3) is 10.8 Å². The molecular formula is C28H26N4O5. The van der Waals surface area contributed by atoms with Gasteiger partial charge in [0.15, 0.2) is 6.61 Å². The largest absolute Gasteiger partial charge is 0.455 e. The molecule has 9 nitrogen and oxygen atoms in total. The summed E-state index contributed by atoms with van der Waals surface area (Å²) in [6.45, 7) is 1.79. The maximum atomic E-state index is 12.7. The first kappa shape index (κ1) is 25.3. The highest BCUT2D eigenvalue weighted by molar-refractivity contribution is 6.04. The van der Waals surface area contributed by atoms with Crippen LogP contribution in [0.2, 0.25) is 0 Å². The van der Waals surface area contributed by atoms with Crippen LogP contribution in [0.1, 0.15) is 27.2 Å². The highest BCUT2D eigenvalue weighted by Crippen LogP contribution is 2.16. The molecule has 0 fully saturated rings. The van der Waals surface area contributed by atoms with Gasteiger partial charge in [-0.15, -0.1) is 0 Å². The van der Waals surface area contributed by atoms with E-state index in [0.29, 0.717) is 28.7 Å². The van der Waals surface area contributed by atoms with Crippen molar-refractivity contribution in [3.63, 3.8) is 0 Å². The molecule has 0 bridgehead atoms. The van der Waals surface area contributed by atoms with Gasteiger partial charge in [-0.2, -0.15) is 5.10 Å². The Morgan fingerprint density at radius 1 is 0.919 bits per heavy atom. The monoisotopic (exact) mass is 498 g/mol. The van der Waals surface area contributed by atoms with E-state index in [0.717, 1.165) is 11.1 Å².